The lowest BCUT2D eigenvalue weighted by Crippen LogP contribution is -2.54. The molecule has 4 aromatic carbocycles. The van der Waals surface area contributed by atoms with E-state index in [-0.39, 0.29) is 17.1 Å². The largest absolute Gasteiger partial charge is 0.301 e. The third kappa shape index (κ3) is 3.85. The van der Waals surface area contributed by atoms with Crippen LogP contribution in [0.4, 0.5) is 28.4 Å². The second kappa shape index (κ2) is 9.87. The Morgan fingerprint density at radius 1 is 0.733 bits per heavy atom. The summed E-state index contributed by atoms with van der Waals surface area (Å²) in [6.45, 7) is 0. The van der Waals surface area contributed by atoms with Crippen molar-refractivity contribution in [2.75, 3.05) is 10.3 Å². The molecule has 8 rings (SSSR count). The van der Waals surface area contributed by atoms with Gasteiger partial charge in [0.25, 0.3) is 11.4 Å². The summed E-state index contributed by atoms with van der Waals surface area (Å²) in [7, 11) is 0. The SMILES string of the molecule is O=C1[C@H]2C3c4ccccc4C(/C=N\Nc4ccc([N+](=O)[O-])cc4[N+](=O)[O-])(c4ccccc43)[C@H]2C(=O)N1c1ccc([N+](=O)[O-])cc1. The molecule has 1 heterocycles. The maximum absolute atomic E-state index is 14.4. The molecule has 4 aliphatic rings. The number of carbonyl (C=O) groups excluding carboxylic acids is 2. The number of benzene rings is 4. The van der Waals surface area contributed by atoms with Gasteiger partial charge < -0.3 is 0 Å². The van der Waals surface area contributed by atoms with Gasteiger partial charge in [-0.3, -0.25) is 45.4 Å². The second-order valence-electron chi connectivity index (χ2n) is 10.9. The highest BCUT2D eigenvalue weighted by Gasteiger charge is 2.68. The van der Waals surface area contributed by atoms with E-state index >= 15 is 0 Å². The van der Waals surface area contributed by atoms with Gasteiger partial charge in [-0.2, -0.15) is 5.10 Å². The topological polar surface area (TPSA) is 191 Å². The molecule has 0 radical (unpaired) electrons. The van der Waals surface area contributed by atoms with E-state index in [2.05, 4.69) is 10.5 Å². The van der Waals surface area contributed by atoms with Crippen molar-refractivity contribution in [3.8, 4) is 0 Å². The Bertz CT molecular complexity index is 1960. The number of imide groups is 1. The summed E-state index contributed by atoms with van der Waals surface area (Å²) in [6.07, 6.45) is 1.48. The molecule has 2 atom stereocenters. The zero-order valence-corrected chi connectivity index (χ0v) is 23.0. The van der Waals surface area contributed by atoms with Crippen LogP contribution in [0.3, 0.4) is 0 Å². The van der Waals surface area contributed by atoms with Crippen molar-refractivity contribution in [2.45, 2.75) is 11.3 Å². The van der Waals surface area contributed by atoms with Crippen LogP contribution in [-0.2, 0) is 15.0 Å². The number of nitrogens with one attached hydrogen (secondary N) is 1. The fourth-order valence-electron chi connectivity index (χ4n) is 7.11. The molecule has 2 bridgehead atoms. The van der Waals surface area contributed by atoms with Crippen molar-refractivity contribution in [1.29, 1.82) is 0 Å². The Hall–Kier alpha value is -6.31. The van der Waals surface area contributed by atoms with E-state index in [9.17, 15) is 39.9 Å². The monoisotopic (exact) mass is 604 g/mol. The predicted octanol–water partition coefficient (Wildman–Crippen LogP) is 5.06. The predicted molar refractivity (Wildman–Crippen MR) is 160 cm³/mol. The normalized spacial score (nSPS) is 22.6. The number of hydrogen-bond acceptors (Lipinski definition) is 10. The lowest BCUT2D eigenvalue weighted by atomic mass is 9.47. The molecular weight excluding hydrogens is 584 g/mol. The first-order valence-electron chi connectivity index (χ1n) is 13.7. The lowest BCUT2D eigenvalue weighted by molar-refractivity contribution is -0.393. The fraction of sp³-hybridized carbons (Fsp3) is 0.129. The van der Waals surface area contributed by atoms with E-state index in [4.69, 9.17) is 0 Å². The Morgan fingerprint density at radius 3 is 1.89 bits per heavy atom. The molecule has 1 fully saturated rings. The third-order valence-corrected chi connectivity index (χ3v) is 8.84. The minimum Gasteiger partial charge on any atom is -0.274 e. The Morgan fingerprint density at radius 2 is 1.31 bits per heavy atom. The molecule has 0 unspecified atom stereocenters. The van der Waals surface area contributed by atoms with Gasteiger partial charge in [-0.05, 0) is 40.5 Å². The maximum Gasteiger partial charge on any atom is 0.301 e. The van der Waals surface area contributed by atoms with Crippen LogP contribution in [0.2, 0.25) is 0 Å². The molecular formula is C31H20N6O8. The van der Waals surface area contributed by atoms with Gasteiger partial charge in [0.1, 0.15) is 5.69 Å². The number of anilines is 2. The third-order valence-electron chi connectivity index (χ3n) is 8.84. The Labute approximate surface area is 253 Å². The lowest BCUT2D eigenvalue weighted by Gasteiger charge is -2.52. The quantitative estimate of drug-likeness (QED) is 0.130. The smallest absolute Gasteiger partial charge is 0.274 e. The molecule has 3 aliphatic carbocycles. The number of nitrogens with zero attached hydrogens (tertiary/aromatic N) is 5. The van der Waals surface area contributed by atoms with E-state index in [0.717, 1.165) is 39.3 Å². The first-order valence-corrected chi connectivity index (χ1v) is 13.7. The van der Waals surface area contributed by atoms with Crippen LogP contribution in [0.5, 0.6) is 0 Å². The summed E-state index contributed by atoms with van der Waals surface area (Å²) in [5, 5.41) is 38.6. The van der Waals surface area contributed by atoms with E-state index in [1.165, 1.54) is 36.5 Å². The summed E-state index contributed by atoms with van der Waals surface area (Å²) in [5.41, 5.74) is 3.36. The van der Waals surface area contributed by atoms with Crippen molar-refractivity contribution in [3.63, 3.8) is 0 Å². The average Bonchev–Trinajstić information content (AvgIpc) is 3.31. The molecule has 0 aromatic heterocycles. The molecule has 45 heavy (non-hydrogen) atoms. The van der Waals surface area contributed by atoms with E-state index in [1.807, 2.05) is 48.5 Å². The number of non-ortho nitro benzene ring substituents is 2. The van der Waals surface area contributed by atoms with Gasteiger partial charge in [-0.25, -0.2) is 4.90 Å². The Balaban J connectivity index is 1.39. The van der Waals surface area contributed by atoms with Gasteiger partial charge in [0.15, 0.2) is 0 Å². The van der Waals surface area contributed by atoms with Crippen LogP contribution >= 0.6 is 0 Å². The van der Waals surface area contributed by atoms with Gasteiger partial charge in [0, 0.05) is 30.3 Å². The van der Waals surface area contributed by atoms with Crippen LogP contribution in [0.1, 0.15) is 28.2 Å². The molecule has 1 saturated heterocycles. The first-order chi connectivity index (χ1) is 21.6. The van der Waals surface area contributed by atoms with Crippen molar-refractivity contribution >= 4 is 46.5 Å². The van der Waals surface area contributed by atoms with Gasteiger partial charge in [0.05, 0.1) is 43.8 Å². The molecule has 4 aromatic rings. The molecule has 222 valence electrons. The van der Waals surface area contributed by atoms with Crippen molar-refractivity contribution in [2.24, 2.45) is 16.9 Å². The Kier molecular flexibility index (Phi) is 6.04. The van der Waals surface area contributed by atoms with Crippen LogP contribution < -0.4 is 10.3 Å². The minimum atomic E-state index is -1.29. The number of rotatable bonds is 7. The highest BCUT2D eigenvalue weighted by Crippen LogP contribution is 2.63. The van der Waals surface area contributed by atoms with Crippen molar-refractivity contribution in [3.05, 3.63) is 144 Å². The number of amides is 2. The molecule has 0 spiro atoms. The molecule has 14 nitrogen and oxygen atoms in total. The van der Waals surface area contributed by atoms with Crippen LogP contribution in [0, 0.1) is 42.2 Å². The standard InChI is InChI=1S/C31H20N6O8/c38-29-27-26-20-5-1-3-7-22(20)31(23-8-4-2-6-21(23)26,16-32-33-24-14-13-19(36(42)43)15-25(24)37(44)45)28(27)30(39)34(29)17-9-11-18(12-10-17)35(40)41/h1-16,26-28,33H/b32-16-/t26?,27-,28+,31?/m0/s1. The maximum atomic E-state index is 14.4. The van der Waals surface area contributed by atoms with Crippen molar-refractivity contribution < 1.29 is 24.4 Å². The van der Waals surface area contributed by atoms with E-state index < -0.39 is 61.1 Å². The highest BCUT2D eigenvalue weighted by molar-refractivity contribution is 6.25. The molecule has 0 saturated carbocycles. The van der Waals surface area contributed by atoms with Gasteiger partial charge in [-0.1, -0.05) is 48.5 Å². The first kappa shape index (κ1) is 27.5. The summed E-state index contributed by atoms with van der Waals surface area (Å²) in [5.74, 6) is -3.23. The highest BCUT2D eigenvalue weighted by atomic mass is 16.6. The minimum absolute atomic E-state index is 0.109. The number of nitro benzene ring substituents is 3. The van der Waals surface area contributed by atoms with Crippen LogP contribution in [0.25, 0.3) is 0 Å². The summed E-state index contributed by atoms with van der Waals surface area (Å²) in [6, 6.07) is 23.1. The number of hydrogen-bond donors (Lipinski definition) is 1. The van der Waals surface area contributed by atoms with E-state index in [0.29, 0.717) is 0 Å². The van der Waals surface area contributed by atoms with Gasteiger partial charge in [-0.15, -0.1) is 0 Å². The van der Waals surface area contributed by atoms with Gasteiger partial charge in [0.2, 0.25) is 11.8 Å². The molecule has 2 amide bonds. The summed E-state index contributed by atoms with van der Waals surface area (Å²) < 4.78 is 0. The number of carbonyl (C=O) groups is 2. The average molecular weight is 605 g/mol. The number of hydrazone groups is 1. The summed E-state index contributed by atoms with van der Waals surface area (Å²) >= 11 is 0. The van der Waals surface area contributed by atoms with Gasteiger partial charge >= 0.3 is 5.69 Å². The fourth-order valence-corrected chi connectivity index (χ4v) is 7.11. The molecule has 14 heteroatoms. The zero-order chi connectivity index (χ0) is 31.6. The number of nitro groups is 3. The van der Waals surface area contributed by atoms with Crippen molar-refractivity contribution in [1.82, 2.24) is 0 Å². The van der Waals surface area contributed by atoms with E-state index in [1.54, 1.807) is 0 Å². The zero-order valence-electron chi connectivity index (χ0n) is 23.0. The molecule has 1 aliphatic heterocycles. The summed E-state index contributed by atoms with van der Waals surface area (Å²) in [4.78, 5) is 61.8. The second-order valence-corrected chi connectivity index (χ2v) is 10.9. The van der Waals surface area contributed by atoms with Crippen LogP contribution in [0.15, 0.2) is 96.1 Å². The molecule has 1 N–H and O–H groups in total. The van der Waals surface area contributed by atoms with Crippen LogP contribution in [-0.4, -0.2) is 32.8 Å².